The first-order valence-electron chi connectivity index (χ1n) is 9.77. The lowest BCUT2D eigenvalue weighted by Gasteiger charge is -2.08. The number of ether oxygens (including phenoxy) is 1. The molecule has 0 saturated carbocycles. The largest absolute Gasteiger partial charge is 0.461 e. The molecule has 1 N–H and O–H groups in total. The minimum Gasteiger partial charge on any atom is -0.461 e. The van der Waals surface area contributed by atoms with Gasteiger partial charge in [0.25, 0.3) is 0 Å². The van der Waals surface area contributed by atoms with E-state index >= 15 is 0 Å². The Balaban J connectivity index is 1.82. The molecule has 0 radical (unpaired) electrons. The van der Waals surface area contributed by atoms with Crippen LogP contribution < -0.4 is 0 Å². The van der Waals surface area contributed by atoms with Crippen molar-refractivity contribution in [3.63, 3.8) is 0 Å². The van der Waals surface area contributed by atoms with Gasteiger partial charge in [-0.2, -0.15) is 13.2 Å². The molecule has 0 atom stereocenters. The van der Waals surface area contributed by atoms with Gasteiger partial charge in [0.2, 0.25) is 0 Å². The van der Waals surface area contributed by atoms with Gasteiger partial charge in [0.05, 0.1) is 17.9 Å². The van der Waals surface area contributed by atoms with E-state index in [4.69, 9.17) is 4.74 Å². The van der Waals surface area contributed by atoms with Crippen LogP contribution in [0.25, 0.3) is 22.2 Å². The molecular weight excluding hydrogens is 405 g/mol. The van der Waals surface area contributed by atoms with Crippen LogP contribution in [0.5, 0.6) is 0 Å². The predicted octanol–water partition coefficient (Wildman–Crippen LogP) is 6.02. The summed E-state index contributed by atoms with van der Waals surface area (Å²) in [4.78, 5) is 19.6. The van der Waals surface area contributed by atoms with Crippen molar-refractivity contribution in [1.29, 1.82) is 0 Å². The number of nitrogens with zero attached hydrogens (tertiary/aromatic N) is 1. The van der Waals surface area contributed by atoms with Gasteiger partial charge in [0.1, 0.15) is 5.69 Å². The third-order valence-corrected chi connectivity index (χ3v) is 4.95. The number of carbonyl (C=O) groups excluding carboxylic acids is 1. The van der Waals surface area contributed by atoms with Crippen molar-refractivity contribution >= 4 is 16.9 Å². The van der Waals surface area contributed by atoms with Crippen molar-refractivity contribution < 1.29 is 22.7 Å². The van der Waals surface area contributed by atoms with Crippen LogP contribution in [0.15, 0.2) is 66.7 Å². The molecule has 0 fully saturated rings. The fourth-order valence-electron chi connectivity index (χ4n) is 3.54. The van der Waals surface area contributed by atoms with Gasteiger partial charge in [0.15, 0.2) is 0 Å². The van der Waals surface area contributed by atoms with Crippen LogP contribution in [0, 0.1) is 0 Å². The summed E-state index contributed by atoms with van der Waals surface area (Å²) >= 11 is 0. The van der Waals surface area contributed by atoms with Crippen molar-refractivity contribution in [3.05, 3.63) is 89.2 Å². The molecule has 4 aromatic rings. The Kier molecular flexibility index (Phi) is 5.50. The monoisotopic (exact) mass is 424 g/mol. The number of halogens is 3. The van der Waals surface area contributed by atoms with E-state index in [2.05, 4.69) is 9.97 Å². The van der Waals surface area contributed by atoms with Crippen molar-refractivity contribution in [3.8, 4) is 11.3 Å². The molecule has 4 nitrogen and oxygen atoms in total. The van der Waals surface area contributed by atoms with Crippen LogP contribution in [-0.2, 0) is 17.3 Å². The van der Waals surface area contributed by atoms with E-state index in [0.717, 1.165) is 29.0 Å². The molecular formula is C24H19F3N2O2. The molecule has 0 amide bonds. The zero-order valence-electron chi connectivity index (χ0n) is 16.7. The second-order valence-corrected chi connectivity index (χ2v) is 7.01. The Morgan fingerprint density at radius 2 is 1.81 bits per heavy atom. The molecule has 0 unspecified atom stereocenters. The number of alkyl halides is 3. The Morgan fingerprint density at radius 1 is 1.03 bits per heavy atom. The number of aromatic nitrogens is 2. The van der Waals surface area contributed by atoms with Gasteiger partial charge in [0, 0.05) is 23.0 Å². The first kappa shape index (κ1) is 20.7. The van der Waals surface area contributed by atoms with Gasteiger partial charge in [-0.15, -0.1) is 0 Å². The molecule has 0 saturated heterocycles. The number of benzene rings is 2. The molecule has 158 valence electrons. The molecule has 0 aliphatic carbocycles. The first-order chi connectivity index (χ1) is 14.9. The highest BCUT2D eigenvalue weighted by Crippen LogP contribution is 2.36. The molecule has 2 heterocycles. The summed E-state index contributed by atoms with van der Waals surface area (Å²) < 4.78 is 44.6. The minimum absolute atomic E-state index is 0.194. The van der Waals surface area contributed by atoms with Crippen molar-refractivity contribution in [2.45, 2.75) is 19.5 Å². The Hall–Kier alpha value is -3.61. The summed E-state index contributed by atoms with van der Waals surface area (Å²) in [6.07, 6.45) is -4.09. The summed E-state index contributed by atoms with van der Waals surface area (Å²) in [7, 11) is 0. The molecule has 0 spiro atoms. The highest BCUT2D eigenvalue weighted by Gasteiger charge is 2.31. The maximum absolute atomic E-state index is 13.2. The van der Waals surface area contributed by atoms with Crippen molar-refractivity contribution in [2.75, 3.05) is 6.61 Å². The van der Waals surface area contributed by atoms with Crippen LogP contribution >= 0.6 is 0 Å². The highest BCUT2D eigenvalue weighted by atomic mass is 19.4. The van der Waals surface area contributed by atoms with E-state index in [1.165, 1.54) is 6.07 Å². The van der Waals surface area contributed by atoms with Gasteiger partial charge < -0.3 is 9.72 Å². The third-order valence-electron chi connectivity index (χ3n) is 4.95. The maximum Gasteiger partial charge on any atom is 0.416 e. The normalized spacial score (nSPS) is 11.6. The lowest BCUT2D eigenvalue weighted by Crippen LogP contribution is -2.08. The zero-order chi connectivity index (χ0) is 22.0. The molecule has 2 aromatic carbocycles. The molecule has 0 aliphatic rings. The van der Waals surface area contributed by atoms with Crippen molar-refractivity contribution in [1.82, 2.24) is 9.97 Å². The summed E-state index contributed by atoms with van der Waals surface area (Å²) in [5.41, 5.74) is 2.87. The Morgan fingerprint density at radius 3 is 2.52 bits per heavy atom. The zero-order valence-corrected chi connectivity index (χ0v) is 16.7. The number of rotatable bonds is 5. The van der Waals surface area contributed by atoms with Gasteiger partial charge >= 0.3 is 12.1 Å². The number of carbonyl (C=O) groups is 1. The second-order valence-electron chi connectivity index (χ2n) is 7.01. The molecule has 31 heavy (non-hydrogen) atoms. The number of pyridine rings is 1. The van der Waals surface area contributed by atoms with Gasteiger partial charge in [-0.25, -0.2) is 9.78 Å². The third kappa shape index (κ3) is 4.30. The first-order valence-corrected chi connectivity index (χ1v) is 9.77. The smallest absolute Gasteiger partial charge is 0.416 e. The average Bonchev–Trinajstić information content (AvgIpc) is 3.12. The molecule has 0 bridgehead atoms. The van der Waals surface area contributed by atoms with Crippen LogP contribution in [0.1, 0.15) is 34.2 Å². The number of esters is 1. The van der Waals surface area contributed by atoms with Crippen LogP contribution in [0.4, 0.5) is 13.2 Å². The summed E-state index contributed by atoms with van der Waals surface area (Å²) in [6, 6.07) is 18.1. The van der Waals surface area contributed by atoms with Crippen LogP contribution in [0.2, 0.25) is 0 Å². The van der Waals surface area contributed by atoms with E-state index in [-0.39, 0.29) is 12.3 Å². The average molecular weight is 424 g/mol. The predicted molar refractivity (Wildman–Crippen MR) is 112 cm³/mol. The SMILES string of the molecule is CCOC(=O)c1cccc(Cc2c(-c3ccccc3)[nH]c3cc(C(F)(F)F)ccc23)n1. The van der Waals surface area contributed by atoms with E-state index in [0.29, 0.717) is 23.0 Å². The van der Waals surface area contributed by atoms with Gasteiger partial charge in [-0.3, -0.25) is 0 Å². The van der Waals surface area contributed by atoms with Crippen molar-refractivity contribution in [2.24, 2.45) is 0 Å². The Labute approximate surface area is 176 Å². The lowest BCUT2D eigenvalue weighted by atomic mass is 10.00. The fourth-order valence-corrected chi connectivity index (χ4v) is 3.54. The number of aromatic amines is 1. The molecule has 4 rings (SSSR count). The molecule has 0 aliphatic heterocycles. The minimum atomic E-state index is -4.43. The molecule has 7 heteroatoms. The van der Waals surface area contributed by atoms with Crippen LogP contribution in [-0.4, -0.2) is 22.5 Å². The van der Waals surface area contributed by atoms with E-state index in [1.54, 1.807) is 25.1 Å². The standard InChI is InChI=1S/C24H19F3N2O2/c1-2-31-23(30)20-10-6-9-17(28-20)14-19-18-12-11-16(24(25,26)27)13-21(18)29-22(19)15-7-4-3-5-8-15/h3-13,29H,2,14H2,1H3. The Bertz CT molecular complexity index is 1230. The van der Waals surface area contributed by atoms with E-state index < -0.39 is 17.7 Å². The topological polar surface area (TPSA) is 55.0 Å². The summed E-state index contributed by atoms with van der Waals surface area (Å²) in [6.45, 7) is 1.96. The number of hydrogen-bond acceptors (Lipinski definition) is 3. The lowest BCUT2D eigenvalue weighted by molar-refractivity contribution is -0.137. The number of nitrogens with one attached hydrogen (secondary N) is 1. The van der Waals surface area contributed by atoms with E-state index in [1.807, 2.05) is 30.3 Å². The molecule has 2 aromatic heterocycles. The van der Waals surface area contributed by atoms with Gasteiger partial charge in [-0.05, 0) is 42.3 Å². The highest BCUT2D eigenvalue weighted by molar-refractivity contribution is 5.92. The summed E-state index contributed by atoms with van der Waals surface area (Å²) in [5.74, 6) is -0.513. The number of hydrogen-bond donors (Lipinski definition) is 1. The van der Waals surface area contributed by atoms with Crippen LogP contribution in [0.3, 0.4) is 0 Å². The quantitative estimate of drug-likeness (QED) is 0.399. The maximum atomic E-state index is 13.2. The van der Waals surface area contributed by atoms with E-state index in [9.17, 15) is 18.0 Å². The fraction of sp³-hybridized carbons (Fsp3) is 0.167. The second kappa shape index (κ2) is 8.26. The number of fused-ring (bicyclic) bond motifs is 1. The van der Waals surface area contributed by atoms with Gasteiger partial charge in [-0.1, -0.05) is 42.5 Å². The summed E-state index contributed by atoms with van der Waals surface area (Å²) in [5, 5.41) is 0.676. The number of H-pyrrole nitrogens is 1.